The van der Waals surface area contributed by atoms with Crippen LogP contribution >= 0.6 is 0 Å². The summed E-state index contributed by atoms with van der Waals surface area (Å²) in [4.78, 5) is 0. The van der Waals surface area contributed by atoms with Crippen LogP contribution in [0.25, 0.3) is 0 Å². The van der Waals surface area contributed by atoms with Crippen molar-refractivity contribution in [2.24, 2.45) is 22.1 Å². The molecule has 0 radical (unpaired) electrons. The minimum absolute atomic E-state index is 0.400. The average Bonchev–Trinajstić information content (AvgIpc) is 2.62. The van der Waals surface area contributed by atoms with Crippen LogP contribution in [0.15, 0.2) is 22.0 Å². The Kier molecular flexibility index (Phi) is 5.72. The number of hydrogen-bond acceptors (Lipinski definition) is 2. The van der Waals surface area contributed by atoms with Crippen LogP contribution in [0, 0.1) is 11.8 Å². The van der Waals surface area contributed by atoms with E-state index in [2.05, 4.69) is 37.9 Å². The summed E-state index contributed by atoms with van der Waals surface area (Å²) in [6.07, 6.45) is 8.20. The molecule has 0 aromatic heterocycles. The third-order valence-corrected chi connectivity index (χ3v) is 3.13. The molecule has 2 heteroatoms. The summed E-state index contributed by atoms with van der Waals surface area (Å²) in [6, 6.07) is 0.400. The van der Waals surface area contributed by atoms with Crippen molar-refractivity contribution in [2.45, 2.75) is 65.8 Å². The molecule has 1 atom stereocenters. The molecule has 0 saturated heterocycles. The highest BCUT2D eigenvalue weighted by Crippen LogP contribution is 2.26. The molecular formula is C14H26N2. The summed E-state index contributed by atoms with van der Waals surface area (Å²) >= 11 is 0. The molecule has 1 rings (SSSR count). The Hall–Kier alpha value is -0.660. The molecule has 0 aromatic rings. The lowest BCUT2D eigenvalue weighted by Gasteiger charge is -2.13. The quantitative estimate of drug-likeness (QED) is 0.581. The Morgan fingerprint density at radius 2 is 1.81 bits per heavy atom. The van der Waals surface area contributed by atoms with Gasteiger partial charge in [0, 0.05) is 0 Å². The monoisotopic (exact) mass is 222 g/mol. The van der Waals surface area contributed by atoms with E-state index in [0.29, 0.717) is 6.04 Å². The summed E-state index contributed by atoms with van der Waals surface area (Å²) in [5, 5.41) is 8.41. The third-order valence-electron chi connectivity index (χ3n) is 3.13. The lowest BCUT2D eigenvalue weighted by atomic mass is 9.94. The van der Waals surface area contributed by atoms with Crippen LogP contribution in [0.1, 0.15) is 59.8 Å². The molecule has 1 aliphatic heterocycles. The Morgan fingerprint density at radius 3 is 2.44 bits per heavy atom. The van der Waals surface area contributed by atoms with Crippen molar-refractivity contribution < 1.29 is 0 Å². The number of hydrogen-bond donors (Lipinski definition) is 0. The molecule has 1 heterocycles. The van der Waals surface area contributed by atoms with Gasteiger partial charge in [-0.25, -0.2) is 0 Å². The predicted octanol–water partition coefficient (Wildman–Crippen LogP) is 4.97. The fraction of sp³-hybridized carbons (Fsp3) is 0.857. The Labute approximate surface area is 100 Å². The first-order valence-corrected chi connectivity index (χ1v) is 6.68. The fourth-order valence-corrected chi connectivity index (χ4v) is 2.00. The minimum Gasteiger partial charge on any atom is -0.181 e. The zero-order chi connectivity index (χ0) is 12.0. The molecule has 1 unspecified atom stereocenters. The van der Waals surface area contributed by atoms with E-state index in [0.717, 1.165) is 11.8 Å². The lowest BCUT2D eigenvalue weighted by Crippen LogP contribution is -2.07. The van der Waals surface area contributed by atoms with Crippen LogP contribution < -0.4 is 0 Å². The molecule has 0 aliphatic carbocycles. The van der Waals surface area contributed by atoms with Gasteiger partial charge in [0.2, 0.25) is 0 Å². The van der Waals surface area contributed by atoms with E-state index in [1.165, 1.54) is 37.7 Å². The molecule has 16 heavy (non-hydrogen) atoms. The third kappa shape index (κ3) is 4.91. The zero-order valence-corrected chi connectivity index (χ0v) is 11.2. The second kappa shape index (κ2) is 6.82. The zero-order valence-electron chi connectivity index (χ0n) is 11.2. The molecule has 0 bridgehead atoms. The summed E-state index contributed by atoms with van der Waals surface area (Å²) in [5.74, 6) is 1.58. The first-order chi connectivity index (χ1) is 7.59. The van der Waals surface area contributed by atoms with Gasteiger partial charge in [-0.2, -0.15) is 10.2 Å². The number of nitrogens with zero attached hydrogens (tertiary/aromatic N) is 2. The van der Waals surface area contributed by atoms with Crippen molar-refractivity contribution in [3.05, 3.63) is 11.8 Å². The largest absolute Gasteiger partial charge is 0.181 e. The van der Waals surface area contributed by atoms with E-state index in [-0.39, 0.29) is 0 Å². The van der Waals surface area contributed by atoms with Gasteiger partial charge in [0.1, 0.15) is 0 Å². The van der Waals surface area contributed by atoms with Crippen molar-refractivity contribution in [2.75, 3.05) is 0 Å². The first-order valence-electron chi connectivity index (χ1n) is 6.68. The van der Waals surface area contributed by atoms with Crippen molar-refractivity contribution in [3.63, 3.8) is 0 Å². The van der Waals surface area contributed by atoms with Gasteiger partial charge in [-0.3, -0.25) is 0 Å². The maximum absolute atomic E-state index is 4.32. The minimum atomic E-state index is 0.400. The number of rotatable bonds is 7. The normalized spacial score (nSPS) is 19.9. The van der Waals surface area contributed by atoms with Gasteiger partial charge in [0.05, 0.1) is 12.2 Å². The predicted molar refractivity (Wildman–Crippen MR) is 69.5 cm³/mol. The summed E-state index contributed by atoms with van der Waals surface area (Å²) in [6.45, 7) is 9.12. The molecule has 92 valence electrons. The topological polar surface area (TPSA) is 24.7 Å². The van der Waals surface area contributed by atoms with E-state index >= 15 is 0 Å². The van der Waals surface area contributed by atoms with Crippen molar-refractivity contribution in [3.8, 4) is 0 Å². The number of azo groups is 1. The Bertz CT molecular complexity index is 251. The maximum Gasteiger partial charge on any atom is 0.0940 e. The summed E-state index contributed by atoms with van der Waals surface area (Å²) < 4.78 is 0. The molecule has 0 spiro atoms. The Balaban J connectivity index is 2.25. The van der Waals surface area contributed by atoms with Crippen LogP contribution in [-0.4, -0.2) is 6.04 Å². The van der Waals surface area contributed by atoms with E-state index in [1.807, 2.05) is 6.20 Å². The van der Waals surface area contributed by atoms with E-state index in [4.69, 9.17) is 0 Å². The van der Waals surface area contributed by atoms with Gasteiger partial charge >= 0.3 is 0 Å². The van der Waals surface area contributed by atoms with Gasteiger partial charge < -0.3 is 0 Å². The van der Waals surface area contributed by atoms with Gasteiger partial charge in [0.25, 0.3) is 0 Å². The van der Waals surface area contributed by atoms with Crippen LogP contribution in [0.4, 0.5) is 0 Å². The van der Waals surface area contributed by atoms with Crippen LogP contribution in [0.5, 0.6) is 0 Å². The van der Waals surface area contributed by atoms with Gasteiger partial charge in [-0.15, -0.1) is 0 Å². The molecule has 0 fully saturated rings. The lowest BCUT2D eigenvalue weighted by molar-refractivity contribution is 0.504. The molecular weight excluding hydrogens is 196 g/mol. The van der Waals surface area contributed by atoms with Crippen molar-refractivity contribution in [1.29, 1.82) is 0 Å². The van der Waals surface area contributed by atoms with E-state index < -0.39 is 0 Å². The molecule has 0 N–H and O–H groups in total. The smallest absolute Gasteiger partial charge is 0.0940 e. The van der Waals surface area contributed by atoms with Gasteiger partial charge in [-0.1, -0.05) is 40.5 Å². The van der Waals surface area contributed by atoms with Crippen LogP contribution in [0.3, 0.4) is 0 Å². The standard InChI is InChI=1S/C14H26N2/c1-11(2)6-5-7-14-13(10-15-16-14)9-8-12(3)4/h10-12,14H,5-9H2,1-4H3. The summed E-state index contributed by atoms with van der Waals surface area (Å²) in [7, 11) is 0. The summed E-state index contributed by atoms with van der Waals surface area (Å²) in [5.41, 5.74) is 1.46. The van der Waals surface area contributed by atoms with E-state index in [1.54, 1.807) is 0 Å². The van der Waals surface area contributed by atoms with Crippen molar-refractivity contribution in [1.82, 2.24) is 0 Å². The second-order valence-electron chi connectivity index (χ2n) is 5.71. The highest BCUT2D eigenvalue weighted by atomic mass is 15.1. The van der Waals surface area contributed by atoms with Crippen LogP contribution in [-0.2, 0) is 0 Å². The highest BCUT2D eigenvalue weighted by Gasteiger charge is 2.17. The molecule has 0 saturated carbocycles. The highest BCUT2D eigenvalue weighted by molar-refractivity contribution is 5.13. The van der Waals surface area contributed by atoms with Crippen LogP contribution in [0.2, 0.25) is 0 Å². The molecule has 0 aromatic carbocycles. The van der Waals surface area contributed by atoms with Crippen molar-refractivity contribution >= 4 is 0 Å². The molecule has 2 nitrogen and oxygen atoms in total. The van der Waals surface area contributed by atoms with Gasteiger partial charge in [-0.05, 0) is 36.7 Å². The Morgan fingerprint density at radius 1 is 1.12 bits per heavy atom. The SMILES string of the molecule is CC(C)CCCC1N=NC=C1CCC(C)C. The fourth-order valence-electron chi connectivity index (χ4n) is 2.00. The molecule has 1 aliphatic rings. The first kappa shape index (κ1) is 13.4. The van der Waals surface area contributed by atoms with Gasteiger partial charge in [0.15, 0.2) is 0 Å². The average molecular weight is 222 g/mol. The van der Waals surface area contributed by atoms with E-state index in [9.17, 15) is 0 Å². The molecule has 0 amide bonds. The maximum atomic E-state index is 4.32. The second-order valence-corrected chi connectivity index (χ2v) is 5.71.